The first-order valence-corrected chi connectivity index (χ1v) is 6.04. The van der Waals surface area contributed by atoms with E-state index in [1.54, 1.807) is 0 Å². The number of anilines is 2. The van der Waals surface area contributed by atoms with E-state index in [0.717, 1.165) is 18.9 Å². The highest BCUT2D eigenvalue weighted by Crippen LogP contribution is 2.28. The number of hydrogen-bond donors (Lipinski definition) is 1. The number of nitrogens with zero attached hydrogens (tertiary/aromatic N) is 3. The molecule has 0 spiro atoms. The molecule has 1 aromatic rings. The molecule has 0 radical (unpaired) electrons. The summed E-state index contributed by atoms with van der Waals surface area (Å²) in [6.45, 7) is 2.00. The minimum atomic E-state index is 0.491. The van der Waals surface area contributed by atoms with Gasteiger partial charge in [0.2, 0.25) is 0 Å². The molecule has 5 heteroatoms. The monoisotopic (exact) mass is 222 g/mol. The van der Waals surface area contributed by atoms with E-state index in [-0.39, 0.29) is 0 Å². The fourth-order valence-electron chi connectivity index (χ4n) is 1.90. The Hall–Kier alpha value is -1.28. The van der Waals surface area contributed by atoms with Gasteiger partial charge in [-0.2, -0.15) is 5.26 Å². The molecule has 0 aromatic carbocycles. The van der Waals surface area contributed by atoms with E-state index in [0.29, 0.717) is 10.0 Å². The maximum absolute atomic E-state index is 8.97. The van der Waals surface area contributed by atoms with Crippen molar-refractivity contribution < 1.29 is 0 Å². The van der Waals surface area contributed by atoms with Crippen molar-refractivity contribution in [2.24, 2.45) is 0 Å². The first-order chi connectivity index (χ1) is 7.31. The van der Waals surface area contributed by atoms with Gasteiger partial charge in [-0.15, -0.1) is 0 Å². The largest absolute Gasteiger partial charge is 0.375 e. The van der Waals surface area contributed by atoms with Gasteiger partial charge < -0.3 is 10.6 Å². The zero-order chi connectivity index (χ0) is 10.7. The van der Waals surface area contributed by atoms with Gasteiger partial charge >= 0.3 is 0 Å². The average molecular weight is 222 g/mol. The molecule has 4 nitrogen and oxygen atoms in total. The van der Waals surface area contributed by atoms with Crippen LogP contribution in [0.15, 0.2) is 0 Å². The van der Waals surface area contributed by atoms with E-state index in [2.05, 4.69) is 16.0 Å². The SMILES string of the molecule is N#Cc1sc(N)nc1N1CCCCCC1. The standard InChI is InChI=1S/C10H14N4S/c11-7-8-9(13-10(12)15-8)14-5-3-1-2-4-6-14/h1-6H2,(H2,12,13). The maximum atomic E-state index is 8.97. The molecule has 2 heterocycles. The maximum Gasteiger partial charge on any atom is 0.183 e. The Morgan fingerprint density at radius 3 is 2.53 bits per heavy atom. The molecule has 0 saturated carbocycles. The second-order valence-electron chi connectivity index (χ2n) is 3.72. The van der Waals surface area contributed by atoms with Gasteiger partial charge in [0, 0.05) is 13.1 Å². The van der Waals surface area contributed by atoms with Crippen LogP contribution in [-0.2, 0) is 0 Å². The van der Waals surface area contributed by atoms with Gasteiger partial charge in [-0.3, -0.25) is 0 Å². The molecule has 0 unspecified atom stereocenters. The van der Waals surface area contributed by atoms with Crippen molar-refractivity contribution in [1.82, 2.24) is 4.98 Å². The smallest absolute Gasteiger partial charge is 0.183 e. The van der Waals surface area contributed by atoms with Gasteiger partial charge in [0.05, 0.1) is 0 Å². The molecule has 0 aliphatic carbocycles. The van der Waals surface area contributed by atoms with Crippen molar-refractivity contribution in [2.75, 3.05) is 23.7 Å². The molecule has 2 N–H and O–H groups in total. The van der Waals surface area contributed by atoms with Crippen LogP contribution in [-0.4, -0.2) is 18.1 Å². The van der Waals surface area contributed by atoms with Crippen LogP contribution in [0, 0.1) is 11.3 Å². The average Bonchev–Trinajstić information content (AvgIpc) is 2.47. The number of aromatic nitrogens is 1. The molecule has 1 aliphatic heterocycles. The summed E-state index contributed by atoms with van der Waals surface area (Å²) in [5, 5.41) is 9.46. The molecule has 2 rings (SSSR count). The normalized spacial score (nSPS) is 17.1. The predicted molar refractivity (Wildman–Crippen MR) is 61.9 cm³/mol. The van der Waals surface area contributed by atoms with Crippen LogP contribution < -0.4 is 10.6 Å². The topological polar surface area (TPSA) is 65.9 Å². The van der Waals surface area contributed by atoms with E-state index in [1.807, 2.05) is 0 Å². The van der Waals surface area contributed by atoms with Crippen LogP contribution >= 0.6 is 11.3 Å². The summed E-state index contributed by atoms with van der Waals surface area (Å²) in [4.78, 5) is 7.09. The summed E-state index contributed by atoms with van der Waals surface area (Å²) in [6, 6.07) is 2.17. The van der Waals surface area contributed by atoms with Gasteiger partial charge in [-0.1, -0.05) is 24.2 Å². The summed E-state index contributed by atoms with van der Waals surface area (Å²) in [6.07, 6.45) is 4.92. The summed E-state index contributed by atoms with van der Waals surface area (Å²) in [7, 11) is 0. The number of hydrogen-bond acceptors (Lipinski definition) is 5. The molecular weight excluding hydrogens is 208 g/mol. The molecule has 0 amide bonds. The number of nitrogen functional groups attached to an aromatic ring is 1. The molecule has 1 aliphatic rings. The zero-order valence-electron chi connectivity index (χ0n) is 8.57. The lowest BCUT2D eigenvalue weighted by atomic mass is 10.2. The van der Waals surface area contributed by atoms with E-state index < -0.39 is 0 Å². The lowest BCUT2D eigenvalue weighted by Crippen LogP contribution is -2.24. The number of nitrogens with two attached hydrogens (primary N) is 1. The van der Waals surface area contributed by atoms with Crippen molar-refractivity contribution in [3.8, 4) is 6.07 Å². The van der Waals surface area contributed by atoms with E-state index in [4.69, 9.17) is 11.0 Å². The van der Waals surface area contributed by atoms with Crippen molar-refractivity contribution in [1.29, 1.82) is 5.26 Å². The molecule has 80 valence electrons. The van der Waals surface area contributed by atoms with Crippen LogP contribution in [0.4, 0.5) is 10.9 Å². The molecule has 1 aromatic heterocycles. The van der Waals surface area contributed by atoms with Crippen LogP contribution in [0.3, 0.4) is 0 Å². The van der Waals surface area contributed by atoms with Crippen LogP contribution in [0.1, 0.15) is 30.6 Å². The Labute approximate surface area is 93.3 Å². The van der Waals surface area contributed by atoms with E-state index in [9.17, 15) is 0 Å². The highest BCUT2D eigenvalue weighted by Gasteiger charge is 2.17. The molecule has 15 heavy (non-hydrogen) atoms. The second-order valence-corrected chi connectivity index (χ2v) is 4.75. The molecule has 0 atom stereocenters. The zero-order valence-corrected chi connectivity index (χ0v) is 9.39. The number of nitriles is 1. The van der Waals surface area contributed by atoms with Crippen LogP contribution in [0.5, 0.6) is 0 Å². The second kappa shape index (κ2) is 4.49. The lowest BCUT2D eigenvalue weighted by molar-refractivity contribution is 0.726. The molecule has 1 saturated heterocycles. The third-order valence-corrected chi connectivity index (χ3v) is 3.41. The third kappa shape index (κ3) is 2.21. The summed E-state index contributed by atoms with van der Waals surface area (Å²) in [5.74, 6) is 0.793. The van der Waals surface area contributed by atoms with E-state index >= 15 is 0 Å². The lowest BCUT2D eigenvalue weighted by Gasteiger charge is -2.19. The van der Waals surface area contributed by atoms with E-state index in [1.165, 1.54) is 37.0 Å². The Morgan fingerprint density at radius 2 is 1.93 bits per heavy atom. The Morgan fingerprint density at radius 1 is 1.27 bits per heavy atom. The van der Waals surface area contributed by atoms with Gasteiger partial charge in [0.1, 0.15) is 6.07 Å². The fourth-order valence-corrected chi connectivity index (χ4v) is 2.55. The fraction of sp³-hybridized carbons (Fsp3) is 0.600. The first-order valence-electron chi connectivity index (χ1n) is 5.22. The molecule has 0 bridgehead atoms. The van der Waals surface area contributed by atoms with Crippen molar-refractivity contribution >= 4 is 22.3 Å². The van der Waals surface area contributed by atoms with Crippen molar-refractivity contribution in [2.45, 2.75) is 25.7 Å². The highest BCUT2D eigenvalue weighted by molar-refractivity contribution is 7.16. The first kappa shape index (κ1) is 10.2. The summed E-state index contributed by atoms with van der Waals surface area (Å²) in [5.41, 5.74) is 5.63. The van der Waals surface area contributed by atoms with Gasteiger partial charge in [0.25, 0.3) is 0 Å². The molecular formula is C10H14N4S. The van der Waals surface area contributed by atoms with Gasteiger partial charge in [0.15, 0.2) is 15.8 Å². The van der Waals surface area contributed by atoms with Crippen LogP contribution in [0.2, 0.25) is 0 Å². The van der Waals surface area contributed by atoms with Crippen molar-refractivity contribution in [3.05, 3.63) is 4.88 Å². The third-order valence-electron chi connectivity index (χ3n) is 2.63. The Kier molecular flexibility index (Phi) is 3.07. The van der Waals surface area contributed by atoms with Crippen molar-refractivity contribution in [3.63, 3.8) is 0 Å². The predicted octanol–water partition coefficient (Wildman–Crippen LogP) is 1.98. The van der Waals surface area contributed by atoms with Crippen LogP contribution in [0.25, 0.3) is 0 Å². The quantitative estimate of drug-likeness (QED) is 0.789. The Bertz CT molecular complexity index is 371. The van der Waals surface area contributed by atoms with Gasteiger partial charge in [-0.05, 0) is 12.8 Å². The Balaban J connectivity index is 2.23. The highest BCUT2D eigenvalue weighted by atomic mass is 32.1. The summed E-state index contributed by atoms with van der Waals surface area (Å²) < 4.78 is 0. The summed E-state index contributed by atoms with van der Waals surface area (Å²) >= 11 is 1.28. The number of rotatable bonds is 1. The molecule has 1 fully saturated rings. The minimum Gasteiger partial charge on any atom is -0.375 e. The minimum absolute atomic E-state index is 0.491. The van der Waals surface area contributed by atoms with Gasteiger partial charge in [-0.25, -0.2) is 4.98 Å². The number of thiazole rings is 1.